The highest BCUT2D eigenvalue weighted by Gasteiger charge is 2.17. The van der Waals surface area contributed by atoms with E-state index >= 15 is 0 Å². The molecule has 5 nitrogen and oxygen atoms in total. The fourth-order valence-electron chi connectivity index (χ4n) is 1.75. The zero-order chi connectivity index (χ0) is 13.5. The third kappa shape index (κ3) is 3.53. The van der Waals surface area contributed by atoms with Crippen LogP contribution in [-0.4, -0.2) is 33.7 Å². The van der Waals surface area contributed by atoms with Crippen LogP contribution in [0.25, 0.3) is 0 Å². The van der Waals surface area contributed by atoms with E-state index in [4.69, 9.17) is 25.4 Å². The van der Waals surface area contributed by atoms with Gasteiger partial charge in [0.05, 0.1) is 6.61 Å². The summed E-state index contributed by atoms with van der Waals surface area (Å²) in [4.78, 5) is 0. The molecule has 0 bridgehead atoms. The number of terminal acetylenes is 1. The second kappa shape index (κ2) is 6.88. The molecule has 1 aromatic carbocycles. The Morgan fingerprint density at radius 2 is 2.16 bits per heavy atom. The van der Waals surface area contributed by atoms with Crippen LogP contribution in [0.15, 0.2) is 12.1 Å². The Morgan fingerprint density at radius 1 is 1.37 bits per heavy atom. The molecular formula is C14H17NO4. The van der Waals surface area contributed by atoms with Gasteiger partial charge in [-0.2, -0.15) is 0 Å². The molecule has 1 aliphatic rings. The summed E-state index contributed by atoms with van der Waals surface area (Å²) in [5.41, 5.74) is 0.982. The fraction of sp³-hybridized carbons (Fsp3) is 0.429. The molecule has 5 heteroatoms. The predicted molar refractivity (Wildman–Crippen MR) is 70.5 cm³/mol. The standard InChI is InChI=1S/C14H17NO4/c1-3-5-17-12-8-14-13(18-10-19-14)7-11(12)9-15-4-6-16-2/h1,7-8,15H,4-6,9-10H2,2H3. The lowest BCUT2D eigenvalue weighted by molar-refractivity contribution is 0.174. The van der Waals surface area contributed by atoms with Gasteiger partial charge in [-0.15, -0.1) is 6.42 Å². The Morgan fingerprint density at radius 3 is 2.89 bits per heavy atom. The Bertz CT molecular complexity index is 467. The zero-order valence-electron chi connectivity index (χ0n) is 10.9. The van der Waals surface area contributed by atoms with Gasteiger partial charge >= 0.3 is 0 Å². The number of nitrogens with one attached hydrogen (secondary N) is 1. The number of ether oxygens (including phenoxy) is 4. The minimum atomic E-state index is 0.227. The van der Waals surface area contributed by atoms with Crippen LogP contribution in [0.4, 0.5) is 0 Å². The van der Waals surface area contributed by atoms with Gasteiger partial charge in [-0.1, -0.05) is 5.92 Å². The summed E-state index contributed by atoms with van der Waals surface area (Å²) in [6, 6.07) is 3.72. The molecule has 1 aromatic rings. The minimum Gasteiger partial charge on any atom is -0.480 e. The van der Waals surface area contributed by atoms with Crippen LogP contribution < -0.4 is 19.5 Å². The second-order valence-corrected chi connectivity index (χ2v) is 3.98. The number of methoxy groups -OCH3 is 1. The van der Waals surface area contributed by atoms with Gasteiger partial charge in [-0.3, -0.25) is 0 Å². The number of hydrogen-bond acceptors (Lipinski definition) is 5. The van der Waals surface area contributed by atoms with Crippen molar-refractivity contribution in [1.29, 1.82) is 0 Å². The highest BCUT2D eigenvalue weighted by atomic mass is 16.7. The van der Waals surface area contributed by atoms with Crippen molar-refractivity contribution in [2.24, 2.45) is 0 Å². The van der Waals surface area contributed by atoms with Gasteiger partial charge in [-0.05, 0) is 6.07 Å². The predicted octanol–water partition coefficient (Wildman–Crippen LogP) is 1.16. The van der Waals surface area contributed by atoms with Gasteiger partial charge in [0, 0.05) is 31.8 Å². The van der Waals surface area contributed by atoms with Crippen LogP contribution in [0.3, 0.4) is 0 Å². The molecular weight excluding hydrogens is 246 g/mol. The van der Waals surface area contributed by atoms with Crippen LogP contribution in [0.2, 0.25) is 0 Å². The number of rotatable bonds is 7. The van der Waals surface area contributed by atoms with Crippen LogP contribution >= 0.6 is 0 Å². The summed E-state index contributed by atoms with van der Waals surface area (Å²) < 4.78 is 21.2. The molecule has 0 aromatic heterocycles. The van der Waals surface area contributed by atoms with Gasteiger partial charge in [0.15, 0.2) is 11.5 Å². The molecule has 0 fully saturated rings. The molecule has 2 rings (SSSR count). The first kappa shape index (κ1) is 13.5. The summed E-state index contributed by atoms with van der Waals surface area (Å²) >= 11 is 0. The SMILES string of the molecule is C#CCOc1cc2c(cc1CNCCOC)OCO2. The van der Waals surface area contributed by atoms with Crippen molar-refractivity contribution >= 4 is 0 Å². The summed E-state index contributed by atoms with van der Waals surface area (Å²) in [6.45, 7) is 2.54. The monoisotopic (exact) mass is 263 g/mol. The average molecular weight is 263 g/mol. The van der Waals surface area contributed by atoms with Gasteiger partial charge in [0.2, 0.25) is 6.79 Å². The number of hydrogen-bond donors (Lipinski definition) is 1. The first-order valence-electron chi connectivity index (χ1n) is 6.03. The molecule has 0 saturated carbocycles. The van der Waals surface area contributed by atoms with E-state index in [1.165, 1.54) is 0 Å². The fourth-order valence-corrected chi connectivity index (χ4v) is 1.75. The molecule has 102 valence electrons. The van der Waals surface area contributed by atoms with Crippen LogP contribution in [0.1, 0.15) is 5.56 Å². The maximum atomic E-state index is 5.53. The van der Waals surface area contributed by atoms with Crippen molar-refractivity contribution in [2.75, 3.05) is 33.7 Å². The molecule has 19 heavy (non-hydrogen) atoms. The lowest BCUT2D eigenvalue weighted by atomic mass is 10.1. The van der Waals surface area contributed by atoms with E-state index in [1.807, 2.05) is 12.1 Å². The average Bonchev–Trinajstić information content (AvgIpc) is 2.88. The highest BCUT2D eigenvalue weighted by Crippen LogP contribution is 2.38. The maximum absolute atomic E-state index is 5.53. The maximum Gasteiger partial charge on any atom is 0.231 e. The van der Waals surface area contributed by atoms with E-state index in [0.717, 1.165) is 17.9 Å². The smallest absolute Gasteiger partial charge is 0.231 e. The van der Waals surface area contributed by atoms with E-state index < -0.39 is 0 Å². The molecule has 0 aliphatic carbocycles. The molecule has 0 amide bonds. The first-order valence-corrected chi connectivity index (χ1v) is 6.03. The van der Waals surface area contributed by atoms with E-state index in [1.54, 1.807) is 7.11 Å². The van der Waals surface area contributed by atoms with Crippen molar-refractivity contribution in [3.05, 3.63) is 17.7 Å². The zero-order valence-corrected chi connectivity index (χ0v) is 10.9. The third-order valence-corrected chi connectivity index (χ3v) is 2.67. The topological polar surface area (TPSA) is 49.0 Å². The normalized spacial score (nSPS) is 12.2. The van der Waals surface area contributed by atoms with Crippen LogP contribution in [0, 0.1) is 12.3 Å². The molecule has 0 radical (unpaired) electrons. The first-order chi connectivity index (χ1) is 9.35. The van der Waals surface area contributed by atoms with E-state index in [0.29, 0.717) is 24.7 Å². The molecule has 1 N–H and O–H groups in total. The summed E-state index contributed by atoms with van der Waals surface area (Å²) in [5.74, 6) is 4.59. The molecule has 0 spiro atoms. The third-order valence-electron chi connectivity index (χ3n) is 2.67. The lowest BCUT2D eigenvalue weighted by Gasteiger charge is -2.12. The largest absolute Gasteiger partial charge is 0.480 e. The summed E-state index contributed by atoms with van der Waals surface area (Å²) in [7, 11) is 1.67. The Hall–Kier alpha value is -1.90. The van der Waals surface area contributed by atoms with Crippen LogP contribution in [-0.2, 0) is 11.3 Å². The van der Waals surface area contributed by atoms with E-state index in [9.17, 15) is 0 Å². The molecule has 0 saturated heterocycles. The molecule has 0 unspecified atom stereocenters. The highest BCUT2D eigenvalue weighted by molar-refractivity contribution is 5.51. The Labute approximate surface area is 112 Å². The van der Waals surface area contributed by atoms with Crippen molar-refractivity contribution in [1.82, 2.24) is 5.32 Å². The van der Waals surface area contributed by atoms with Gasteiger partial charge in [-0.25, -0.2) is 0 Å². The summed E-state index contributed by atoms with van der Waals surface area (Å²) in [6.07, 6.45) is 5.22. The van der Waals surface area contributed by atoms with Crippen molar-refractivity contribution in [2.45, 2.75) is 6.54 Å². The van der Waals surface area contributed by atoms with Gasteiger partial charge < -0.3 is 24.3 Å². The number of fused-ring (bicyclic) bond motifs is 1. The van der Waals surface area contributed by atoms with E-state index in [2.05, 4.69) is 11.2 Å². The van der Waals surface area contributed by atoms with Crippen molar-refractivity contribution < 1.29 is 18.9 Å². The Kier molecular flexibility index (Phi) is 4.90. The second-order valence-electron chi connectivity index (χ2n) is 3.98. The lowest BCUT2D eigenvalue weighted by Crippen LogP contribution is -2.19. The van der Waals surface area contributed by atoms with Gasteiger partial charge in [0.25, 0.3) is 0 Å². The van der Waals surface area contributed by atoms with Crippen molar-refractivity contribution in [3.63, 3.8) is 0 Å². The summed E-state index contributed by atoms with van der Waals surface area (Å²) in [5, 5.41) is 3.26. The minimum absolute atomic E-state index is 0.227. The Balaban J connectivity index is 2.07. The van der Waals surface area contributed by atoms with Gasteiger partial charge in [0.1, 0.15) is 12.4 Å². The van der Waals surface area contributed by atoms with Crippen LogP contribution in [0.5, 0.6) is 17.2 Å². The molecule has 1 aliphatic heterocycles. The molecule has 0 atom stereocenters. The molecule has 1 heterocycles. The van der Waals surface area contributed by atoms with E-state index in [-0.39, 0.29) is 13.4 Å². The van der Waals surface area contributed by atoms with Crippen molar-refractivity contribution in [3.8, 4) is 29.6 Å². The number of benzene rings is 1. The quantitative estimate of drug-likeness (QED) is 0.591.